The highest BCUT2D eigenvalue weighted by atomic mass is 35.5. The van der Waals surface area contributed by atoms with E-state index < -0.39 is 0 Å². The van der Waals surface area contributed by atoms with Crippen molar-refractivity contribution in [2.75, 3.05) is 48.8 Å². The van der Waals surface area contributed by atoms with E-state index in [9.17, 15) is 9.59 Å². The Balaban J connectivity index is 1.66. The number of rotatable bonds is 6. The van der Waals surface area contributed by atoms with Crippen LogP contribution in [-0.4, -0.2) is 65.0 Å². The Morgan fingerprint density at radius 1 is 1.16 bits per heavy atom. The van der Waals surface area contributed by atoms with E-state index in [2.05, 4.69) is 15.0 Å². The number of fused-ring (bicyclic) bond motifs is 1. The molecular weight excluding hydrogens is 434 g/mol. The summed E-state index contributed by atoms with van der Waals surface area (Å²) < 4.78 is 5.51. The molecule has 4 rings (SSSR count). The SMILES string of the molecule is COc1c(C)cnc(CN2CC(=O)N(CCN3CCCC3=O)c3c(Cl)nc(N)nc32)c1C. The number of ether oxygens (including phenoxy) is 1. The molecule has 0 unspecified atom stereocenters. The molecule has 2 aliphatic heterocycles. The zero-order valence-electron chi connectivity index (χ0n) is 18.4. The maximum atomic E-state index is 13.1. The highest BCUT2D eigenvalue weighted by Gasteiger charge is 2.35. The van der Waals surface area contributed by atoms with Crippen molar-refractivity contribution in [3.05, 3.63) is 28.2 Å². The number of carbonyl (C=O) groups is 2. The van der Waals surface area contributed by atoms with Gasteiger partial charge in [0.05, 0.1) is 25.9 Å². The van der Waals surface area contributed by atoms with Crippen LogP contribution in [0.5, 0.6) is 5.75 Å². The van der Waals surface area contributed by atoms with E-state index in [-0.39, 0.29) is 29.5 Å². The average Bonchev–Trinajstić information content (AvgIpc) is 3.15. The molecule has 0 saturated carbocycles. The Morgan fingerprint density at radius 3 is 2.62 bits per heavy atom. The number of hydrogen-bond donors (Lipinski definition) is 1. The summed E-state index contributed by atoms with van der Waals surface area (Å²) in [5.74, 6) is 1.20. The van der Waals surface area contributed by atoms with Gasteiger partial charge in [-0.15, -0.1) is 0 Å². The highest BCUT2D eigenvalue weighted by Crippen LogP contribution is 2.38. The molecule has 2 amide bonds. The van der Waals surface area contributed by atoms with Crippen LogP contribution in [0.3, 0.4) is 0 Å². The van der Waals surface area contributed by atoms with E-state index in [1.54, 1.807) is 28.0 Å². The van der Waals surface area contributed by atoms with Crippen LogP contribution < -0.4 is 20.3 Å². The molecular formula is C21H26ClN7O3. The fraction of sp³-hybridized carbons (Fsp3) is 0.476. The molecule has 0 bridgehead atoms. The van der Waals surface area contributed by atoms with Gasteiger partial charge in [0.25, 0.3) is 0 Å². The number of nitrogen functional groups attached to an aromatic ring is 1. The molecule has 2 aromatic rings. The van der Waals surface area contributed by atoms with Gasteiger partial charge in [-0.25, -0.2) is 0 Å². The molecule has 0 aliphatic carbocycles. The van der Waals surface area contributed by atoms with Gasteiger partial charge in [-0.1, -0.05) is 11.6 Å². The predicted molar refractivity (Wildman–Crippen MR) is 121 cm³/mol. The number of anilines is 3. The van der Waals surface area contributed by atoms with Gasteiger partial charge in [-0.05, 0) is 20.3 Å². The quantitative estimate of drug-likeness (QED) is 0.648. The van der Waals surface area contributed by atoms with Crippen LogP contribution in [0.15, 0.2) is 6.20 Å². The number of aryl methyl sites for hydroxylation is 1. The second-order valence-corrected chi connectivity index (χ2v) is 8.33. The molecule has 0 aromatic carbocycles. The molecule has 10 nitrogen and oxygen atoms in total. The van der Waals surface area contributed by atoms with Crippen molar-refractivity contribution in [2.45, 2.75) is 33.2 Å². The molecule has 0 atom stereocenters. The topological polar surface area (TPSA) is 118 Å². The number of likely N-dealkylation sites (tertiary alicyclic amines) is 1. The molecule has 2 N–H and O–H groups in total. The molecule has 32 heavy (non-hydrogen) atoms. The van der Waals surface area contributed by atoms with Crippen molar-refractivity contribution >= 4 is 40.9 Å². The van der Waals surface area contributed by atoms with Crippen LogP contribution in [0.2, 0.25) is 5.15 Å². The largest absolute Gasteiger partial charge is 0.496 e. The lowest BCUT2D eigenvalue weighted by atomic mass is 10.1. The average molecular weight is 460 g/mol. The minimum Gasteiger partial charge on any atom is -0.496 e. The van der Waals surface area contributed by atoms with E-state index in [0.717, 1.165) is 29.0 Å². The molecule has 2 aliphatic rings. The van der Waals surface area contributed by atoms with E-state index in [1.807, 2.05) is 13.8 Å². The molecule has 1 fully saturated rings. The summed E-state index contributed by atoms with van der Waals surface area (Å²) in [7, 11) is 1.62. The number of carbonyl (C=O) groups excluding carboxylic acids is 2. The van der Waals surface area contributed by atoms with E-state index in [4.69, 9.17) is 22.1 Å². The van der Waals surface area contributed by atoms with Gasteiger partial charge in [0, 0.05) is 43.4 Å². The van der Waals surface area contributed by atoms with Crippen molar-refractivity contribution < 1.29 is 14.3 Å². The van der Waals surface area contributed by atoms with Crippen LogP contribution in [0.1, 0.15) is 29.7 Å². The summed E-state index contributed by atoms with van der Waals surface area (Å²) >= 11 is 6.43. The number of amides is 2. The first kappa shape index (κ1) is 22.1. The van der Waals surface area contributed by atoms with Crippen molar-refractivity contribution in [3.8, 4) is 5.75 Å². The van der Waals surface area contributed by atoms with Gasteiger partial charge in [0.1, 0.15) is 11.4 Å². The number of methoxy groups -OCH3 is 1. The first-order valence-electron chi connectivity index (χ1n) is 10.4. The lowest BCUT2D eigenvalue weighted by Crippen LogP contribution is -2.49. The van der Waals surface area contributed by atoms with Gasteiger partial charge in [-0.3, -0.25) is 14.6 Å². The van der Waals surface area contributed by atoms with Gasteiger partial charge < -0.3 is 25.2 Å². The number of pyridine rings is 1. The summed E-state index contributed by atoms with van der Waals surface area (Å²) in [6, 6.07) is 0. The third-order valence-electron chi connectivity index (χ3n) is 5.89. The molecule has 4 heterocycles. The number of hydrogen-bond acceptors (Lipinski definition) is 8. The summed E-state index contributed by atoms with van der Waals surface area (Å²) in [6.07, 6.45) is 3.13. The Hall–Kier alpha value is -3.14. The molecule has 0 radical (unpaired) electrons. The fourth-order valence-corrected chi connectivity index (χ4v) is 4.55. The number of aromatic nitrogens is 3. The number of nitrogens with zero attached hydrogens (tertiary/aromatic N) is 6. The van der Waals surface area contributed by atoms with Gasteiger partial charge in [0.15, 0.2) is 11.0 Å². The second kappa shape index (κ2) is 8.78. The zero-order valence-corrected chi connectivity index (χ0v) is 19.1. The lowest BCUT2D eigenvalue weighted by molar-refractivity contribution is -0.128. The monoisotopic (exact) mass is 459 g/mol. The maximum absolute atomic E-state index is 13.1. The molecule has 11 heteroatoms. The van der Waals surface area contributed by atoms with E-state index in [0.29, 0.717) is 44.1 Å². The third kappa shape index (κ3) is 4.02. The summed E-state index contributed by atoms with van der Waals surface area (Å²) in [5.41, 5.74) is 8.87. The zero-order chi connectivity index (χ0) is 23.0. The second-order valence-electron chi connectivity index (χ2n) is 7.98. The van der Waals surface area contributed by atoms with Crippen molar-refractivity contribution in [2.24, 2.45) is 0 Å². The van der Waals surface area contributed by atoms with Crippen LogP contribution in [-0.2, 0) is 16.1 Å². The summed E-state index contributed by atoms with van der Waals surface area (Å²) in [5, 5.41) is 0.101. The number of halogens is 1. The van der Waals surface area contributed by atoms with Crippen LogP contribution in [0.4, 0.5) is 17.5 Å². The van der Waals surface area contributed by atoms with Crippen molar-refractivity contribution in [1.29, 1.82) is 0 Å². The maximum Gasteiger partial charge on any atom is 0.246 e. The van der Waals surface area contributed by atoms with Crippen LogP contribution in [0, 0.1) is 13.8 Å². The van der Waals surface area contributed by atoms with E-state index >= 15 is 0 Å². The highest BCUT2D eigenvalue weighted by molar-refractivity contribution is 6.33. The van der Waals surface area contributed by atoms with Gasteiger partial charge in [-0.2, -0.15) is 9.97 Å². The first-order valence-corrected chi connectivity index (χ1v) is 10.8. The van der Waals surface area contributed by atoms with Gasteiger partial charge in [0.2, 0.25) is 17.8 Å². The number of nitrogens with two attached hydrogens (primary N) is 1. The molecule has 1 saturated heterocycles. The molecule has 170 valence electrons. The fourth-order valence-electron chi connectivity index (χ4n) is 4.27. The standard InChI is InChI=1S/C21H26ClN7O3/c1-12-9-24-14(13(2)18(12)32-3)10-28-11-16(31)29(8-7-27-6-4-5-15(27)30)17-19(22)25-21(23)26-20(17)28/h9H,4-8,10-11H2,1-3H3,(H2,23,25,26). The third-order valence-corrected chi connectivity index (χ3v) is 6.16. The predicted octanol–water partition coefficient (Wildman–Crippen LogP) is 1.71. The Labute approximate surface area is 191 Å². The lowest BCUT2D eigenvalue weighted by Gasteiger charge is -2.37. The summed E-state index contributed by atoms with van der Waals surface area (Å²) in [6.45, 7) is 5.71. The molecule has 0 spiro atoms. The Morgan fingerprint density at radius 2 is 1.94 bits per heavy atom. The minimum absolute atomic E-state index is 0.0222. The van der Waals surface area contributed by atoms with Gasteiger partial charge >= 0.3 is 0 Å². The minimum atomic E-state index is -0.156. The summed E-state index contributed by atoms with van der Waals surface area (Å²) in [4.78, 5) is 43.2. The van der Waals surface area contributed by atoms with Crippen molar-refractivity contribution in [3.63, 3.8) is 0 Å². The normalized spacial score (nSPS) is 16.1. The smallest absolute Gasteiger partial charge is 0.246 e. The first-order chi connectivity index (χ1) is 15.3. The Bertz CT molecular complexity index is 1080. The van der Waals surface area contributed by atoms with E-state index in [1.165, 1.54) is 0 Å². The van der Waals surface area contributed by atoms with Crippen molar-refractivity contribution in [1.82, 2.24) is 19.9 Å². The Kier molecular flexibility index (Phi) is 6.05. The molecule has 2 aromatic heterocycles. The van der Waals surface area contributed by atoms with Crippen LogP contribution >= 0.6 is 11.6 Å². The van der Waals surface area contributed by atoms with Crippen LogP contribution in [0.25, 0.3) is 0 Å².